The van der Waals surface area contributed by atoms with Crippen LogP contribution in [0.3, 0.4) is 0 Å². The molecule has 0 N–H and O–H groups in total. The number of hydrogen-bond acceptors (Lipinski definition) is 3. The highest BCUT2D eigenvalue weighted by Crippen LogP contribution is 2.32. The van der Waals surface area contributed by atoms with E-state index in [0.717, 1.165) is 49.7 Å². The van der Waals surface area contributed by atoms with Gasteiger partial charge in [0.25, 0.3) is 5.91 Å². The number of thiophene rings is 1. The predicted molar refractivity (Wildman–Crippen MR) is 96.3 cm³/mol. The van der Waals surface area contributed by atoms with E-state index >= 15 is 0 Å². The van der Waals surface area contributed by atoms with Crippen molar-refractivity contribution in [3.63, 3.8) is 0 Å². The monoisotopic (exact) mass is 343 g/mol. The molecule has 2 fully saturated rings. The summed E-state index contributed by atoms with van der Waals surface area (Å²) < 4.78 is 2.43. The highest BCUT2D eigenvalue weighted by Gasteiger charge is 2.27. The van der Waals surface area contributed by atoms with E-state index in [1.54, 1.807) is 0 Å². The molecule has 1 aliphatic heterocycles. The minimum atomic E-state index is 0.203. The van der Waals surface area contributed by atoms with Crippen LogP contribution in [0.2, 0.25) is 0 Å². The van der Waals surface area contributed by atoms with E-state index in [4.69, 9.17) is 0 Å². The molecule has 24 heavy (non-hydrogen) atoms. The quantitative estimate of drug-likeness (QED) is 0.829. The Bertz CT molecular complexity index is 694. The molecule has 0 bridgehead atoms. The van der Waals surface area contributed by atoms with E-state index in [-0.39, 0.29) is 5.91 Å². The average Bonchev–Trinajstić information content (AvgIpc) is 3.12. The summed E-state index contributed by atoms with van der Waals surface area (Å²) in [5.41, 5.74) is 1.29. The molecule has 0 atom stereocenters. The second-order valence-corrected chi connectivity index (χ2v) is 8.23. The summed E-state index contributed by atoms with van der Waals surface area (Å²) in [4.78, 5) is 20.0. The normalized spacial score (nSPS) is 19.0. The molecular formula is C19H25N3OS. The smallest absolute Gasteiger partial charge is 0.263 e. The molecule has 1 saturated carbocycles. The van der Waals surface area contributed by atoms with Gasteiger partial charge in [-0.2, -0.15) is 0 Å². The molecule has 0 unspecified atom stereocenters. The highest BCUT2D eigenvalue weighted by molar-refractivity contribution is 7.12. The molecule has 2 aliphatic rings. The lowest BCUT2D eigenvalue weighted by molar-refractivity contribution is 0.0694. The number of aryl methyl sites for hydroxylation is 1. The zero-order valence-electron chi connectivity index (χ0n) is 14.3. The van der Waals surface area contributed by atoms with E-state index in [1.165, 1.54) is 35.7 Å². The maximum absolute atomic E-state index is 12.4. The van der Waals surface area contributed by atoms with Crippen molar-refractivity contribution in [2.75, 3.05) is 13.1 Å². The number of piperidine rings is 1. The van der Waals surface area contributed by atoms with Crippen molar-refractivity contribution < 1.29 is 4.79 Å². The summed E-state index contributed by atoms with van der Waals surface area (Å²) in [6, 6.07) is 3.88. The molecule has 2 aromatic rings. The van der Waals surface area contributed by atoms with Gasteiger partial charge in [-0.15, -0.1) is 11.3 Å². The third-order valence-electron chi connectivity index (χ3n) is 5.38. The van der Waals surface area contributed by atoms with Crippen LogP contribution in [0.25, 0.3) is 0 Å². The van der Waals surface area contributed by atoms with Crippen LogP contribution in [-0.2, 0) is 13.0 Å². The number of carbonyl (C=O) groups is 1. The van der Waals surface area contributed by atoms with E-state index in [2.05, 4.69) is 16.5 Å². The summed E-state index contributed by atoms with van der Waals surface area (Å²) in [6.45, 7) is 5.07. The van der Waals surface area contributed by atoms with Gasteiger partial charge in [0.1, 0.15) is 5.82 Å². The van der Waals surface area contributed by atoms with Gasteiger partial charge in [0.15, 0.2) is 0 Å². The Morgan fingerprint density at radius 3 is 2.71 bits per heavy atom. The van der Waals surface area contributed by atoms with Crippen LogP contribution in [0.5, 0.6) is 0 Å². The molecule has 1 amide bonds. The van der Waals surface area contributed by atoms with Crippen molar-refractivity contribution in [1.29, 1.82) is 0 Å². The Morgan fingerprint density at radius 1 is 1.25 bits per heavy atom. The fourth-order valence-corrected chi connectivity index (χ4v) is 4.33. The van der Waals surface area contributed by atoms with Crippen LogP contribution in [0.15, 0.2) is 23.7 Å². The van der Waals surface area contributed by atoms with Crippen LogP contribution < -0.4 is 0 Å². The second-order valence-electron chi connectivity index (χ2n) is 7.29. The number of likely N-dealkylation sites (tertiary alicyclic amines) is 1. The first kappa shape index (κ1) is 15.9. The highest BCUT2D eigenvalue weighted by atomic mass is 32.1. The summed E-state index contributed by atoms with van der Waals surface area (Å²) >= 11 is 1.54. The topological polar surface area (TPSA) is 38.1 Å². The van der Waals surface area contributed by atoms with Gasteiger partial charge < -0.3 is 9.47 Å². The van der Waals surface area contributed by atoms with Crippen LogP contribution in [0.4, 0.5) is 0 Å². The third kappa shape index (κ3) is 3.41. The standard InChI is InChI=1S/C19H25N3OS/c1-14-12-20-18(22(14)13-16-4-5-16)11-15-6-8-21(9-7-15)19(23)17-3-2-10-24-17/h2-3,10,12,15-16H,4-9,11,13H2,1H3. The Kier molecular flexibility index (Phi) is 4.44. The van der Waals surface area contributed by atoms with Gasteiger partial charge in [0, 0.05) is 37.9 Å². The molecule has 5 heteroatoms. The number of aromatic nitrogens is 2. The summed E-state index contributed by atoms with van der Waals surface area (Å²) in [6.07, 6.45) is 8.01. The van der Waals surface area contributed by atoms with Crippen molar-refractivity contribution in [3.05, 3.63) is 40.1 Å². The average molecular weight is 343 g/mol. The summed E-state index contributed by atoms with van der Waals surface area (Å²) in [5.74, 6) is 2.98. The second kappa shape index (κ2) is 6.71. The van der Waals surface area contributed by atoms with Gasteiger partial charge in [-0.25, -0.2) is 4.98 Å². The number of imidazole rings is 1. The first-order chi connectivity index (χ1) is 11.7. The minimum Gasteiger partial charge on any atom is -0.338 e. The number of hydrogen-bond donors (Lipinski definition) is 0. The van der Waals surface area contributed by atoms with E-state index in [9.17, 15) is 4.79 Å². The fourth-order valence-electron chi connectivity index (χ4n) is 3.64. The summed E-state index contributed by atoms with van der Waals surface area (Å²) in [7, 11) is 0. The molecule has 128 valence electrons. The molecule has 1 aliphatic carbocycles. The molecule has 4 rings (SSSR count). The number of rotatable bonds is 5. The lowest BCUT2D eigenvalue weighted by Crippen LogP contribution is -2.38. The van der Waals surface area contributed by atoms with Crippen molar-refractivity contribution in [2.45, 2.75) is 45.6 Å². The minimum absolute atomic E-state index is 0.203. The molecule has 0 aromatic carbocycles. The number of nitrogens with zero attached hydrogens (tertiary/aromatic N) is 3. The third-order valence-corrected chi connectivity index (χ3v) is 6.24. The van der Waals surface area contributed by atoms with Gasteiger partial charge in [-0.05, 0) is 55.9 Å². The van der Waals surface area contributed by atoms with Crippen molar-refractivity contribution >= 4 is 17.2 Å². The molecular weight excluding hydrogens is 318 g/mol. The Morgan fingerprint density at radius 2 is 2.04 bits per heavy atom. The SMILES string of the molecule is Cc1cnc(CC2CCN(C(=O)c3cccs3)CC2)n1CC1CC1. The lowest BCUT2D eigenvalue weighted by Gasteiger charge is -2.31. The zero-order chi connectivity index (χ0) is 16.5. The molecule has 1 saturated heterocycles. The Labute approximate surface area is 147 Å². The maximum Gasteiger partial charge on any atom is 0.263 e. The van der Waals surface area contributed by atoms with Crippen LogP contribution in [0, 0.1) is 18.8 Å². The first-order valence-corrected chi connectivity index (χ1v) is 9.92. The van der Waals surface area contributed by atoms with Gasteiger partial charge in [0.05, 0.1) is 4.88 Å². The lowest BCUT2D eigenvalue weighted by atomic mass is 9.93. The van der Waals surface area contributed by atoms with Crippen molar-refractivity contribution in [3.8, 4) is 0 Å². The van der Waals surface area contributed by atoms with Crippen LogP contribution >= 0.6 is 11.3 Å². The Hall–Kier alpha value is -1.62. The van der Waals surface area contributed by atoms with E-state index in [1.807, 2.05) is 28.6 Å². The largest absolute Gasteiger partial charge is 0.338 e. The van der Waals surface area contributed by atoms with Crippen molar-refractivity contribution in [1.82, 2.24) is 14.5 Å². The van der Waals surface area contributed by atoms with Gasteiger partial charge >= 0.3 is 0 Å². The van der Waals surface area contributed by atoms with Gasteiger partial charge in [0.2, 0.25) is 0 Å². The summed E-state index contributed by atoms with van der Waals surface area (Å²) in [5, 5.41) is 1.97. The Balaban J connectivity index is 1.34. The van der Waals surface area contributed by atoms with Gasteiger partial charge in [-0.1, -0.05) is 6.07 Å². The molecule has 0 radical (unpaired) electrons. The van der Waals surface area contributed by atoms with Crippen molar-refractivity contribution in [2.24, 2.45) is 11.8 Å². The molecule has 0 spiro atoms. The molecule has 2 aromatic heterocycles. The zero-order valence-corrected chi connectivity index (χ0v) is 15.1. The maximum atomic E-state index is 12.4. The number of carbonyl (C=O) groups excluding carboxylic acids is 1. The molecule has 4 nitrogen and oxygen atoms in total. The van der Waals surface area contributed by atoms with Crippen LogP contribution in [-0.4, -0.2) is 33.4 Å². The first-order valence-electron chi connectivity index (χ1n) is 9.04. The van der Waals surface area contributed by atoms with E-state index < -0.39 is 0 Å². The van der Waals surface area contributed by atoms with Gasteiger partial charge in [-0.3, -0.25) is 4.79 Å². The number of amides is 1. The fraction of sp³-hybridized carbons (Fsp3) is 0.579. The molecule has 3 heterocycles. The van der Waals surface area contributed by atoms with Crippen LogP contribution in [0.1, 0.15) is 46.9 Å². The van der Waals surface area contributed by atoms with E-state index in [0.29, 0.717) is 5.92 Å². The predicted octanol–water partition coefficient (Wildman–Crippen LogP) is 3.76.